The molecule has 8 nitrogen and oxygen atoms in total. The van der Waals surface area contributed by atoms with Gasteiger partial charge < -0.3 is 10.2 Å². The molecule has 1 aliphatic heterocycles. The predicted molar refractivity (Wildman–Crippen MR) is 125 cm³/mol. The van der Waals surface area contributed by atoms with Crippen molar-refractivity contribution in [2.75, 3.05) is 16.0 Å². The summed E-state index contributed by atoms with van der Waals surface area (Å²) in [5, 5.41) is 3.18. The maximum Gasteiger partial charge on any atom is 0.419 e. The van der Waals surface area contributed by atoms with E-state index in [1.807, 2.05) is 13.8 Å². The van der Waals surface area contributed by atoms with Gasteiger partial charge in [-0.15, -0.1) is 0 Å². The molecule has 0 bridgehead atoms. The molecule has 0 atom stereocenters. The lowest BCUT2D eigenvalue weighted by molar-refractivity contribution is -0.138. The molecule has 0 aliphatic carbocycles. The van der Waals surface area contributed by atoms with Gasteiger partial charge in [0.05, 0.1) is 45.3 Å². The molecule has 1 aromatic carbocycles. The van der Waals surface area contributed by atoms with Crippen molar-refractivity contribution in [2.45, 2.75) is 50.3 Å². The highest BCUT2D eigenvalue weighted by atomic mass is 32.2. The molecule has 1 N–H and O–H groups in total. The van der Waals surface area contributed by atoms with Crippen molar-refractivity contribution in [1.29, 1.82) is 0 Å². The van der Waals surface area contributed by atoms with Crippen LogP contribution in [0.1, 0.15) is 42.5 Å². The lowest BCUT2D eigenvalue weighted by atomic mass is 10.0. The Kier molecular flexibility index (Phi) is 6.34. The Labute approximate surface area is 204 Å². The average Bonchev–Trinajstić information content (AvgIpc) is 3.30. The number of aromatic nitrogens is 3. The maximum absolute atomic E-state index is 12.8. The van der Waals surface area contributed by atoms with Gasteiger partial charge in [-0.1, -0.05) is 30.4 Å². The van der Waals surface area contributed by atoms with E-state index in [2.05, 4.69) is 20.3 Å². The molecule has 35 heavy (non-hydrogen) atoms. The van der Waals surface area contributed by atoms with E-state index < -0.39 is 27.1 Å². The summed E-state index contributed by atoms with van der Waals surface area (Å²) in [7, 11) is -3.31. The molecule has 3 heterocycles. The molecule has 0 unspecified atom stereocenters. The topological polar surface area (TPSA) is 105 Å². The largest absolute Gasteiger partial charge is 0.419 e. The number of nitrogens with zero attached hydrogens (tertiary/aromatic N) is 4. The van der Waals surface area contributed by atoms with Crippen molar-refractivity contribution in [3.63, 3.8) is 0 Å². The number of fused-ring (bicyclic) bond motifs is 1. The Morgan fingerprint density at radius 3 is 2.34 bits per heavy atom. The Bertz CT molecular complexity index is 1350. The van der Waals surface area contributed by atoms with Crippen LogP contribution in [0.4, 0.5) is 24.3 Å². The van der Waals surface area contributed by atoms with Crippen LogP contribution < -0.4 is 10.2 Å². The highest BCUT2D eigenvalue weighted by Gasteiger charge is 2.42. The lowest BCUT2D eigenvalue weighted by Crippen LogP contribution is -2.37. The summed E-state index contributed by atoms with van der Waals surface area (Å²) in [4.78, 5) is 27.7. The normalized spacial score (nSPS) is 15.2. The van der Waals surface area contributed by atoms with Crippen LogP contribution in [-0.4, -0.2) is 35.0 Å². The van der Waals surface area contributed by atoms with E-state index in [9.17, 15) is 26.4 Å². The van der Waals surface area contributed by atoms with Gasteiger partial charge in [-0.25, -0.2) is 23.4 Å². The highest BCUT2D eigenvalue weighted by molar-refractivity contribution is 7.91. The SMILES string of the molecule is CCS(=O)(=O)c1ccc(CC(=O)Nc2nc3c(s2)CN(c2ncc(C(F)(F)F)cn2)C3(C)C)cc1. The molecule has 186 valence electrons. The van der Waals surface area contributed by atoms with E-state index in [0.29, 0.717) is 22.9 Å². The first-order chi connectivity index (χ1) is 16.3. The molecule has 4 rings (SSSR count). The summed E-state index contributed by atoms with van der Waals surface area (Å²) in [6.07, 6.45) is -2.95. The molecular weight excluding hydrogens is 503 g/mol. The van der Waals surface area contributed by atoms with Crippen molar-refractivity contribution in [3.05, 3.63) is 58.4 Å². The van der Waals surface area contributed by atoms with Crippen LogP contribution in [0.5, 0.6) is 0 Å². The number of amides is 1. The van der Waals surface area contributed by atoms with Gasteiger partial charge in [-0.2, -0.15) is 13.2 Å². The molecule has 0 spiro atoms. The third kappa shape index (κ3) is 5.01. The second-order valence-corrected chi connectivity index (χ2v) is 11.8. The van der Waals surface area contributed by atoms with Gasteiger partial charge in [0.15, 0.2) is 15.0 Å². The van der Waals surface area contributed by atoms with Gasteiger partial charge in [-0.3, -0.25) is 4.79 Å². The number of sulfone groups is 1. The number of carbonyl (C=O) groups is 1. The number of carbonyl (C=O) groups excluding carboxylic acids is 1. The molecule has 1 aliphatic rings. The van der Waals surface area contributed by atoms with Gasteiger partial charge >= 0.3 is 6.18 Å². The maximum atomic E-state index is 12.8. The standard InChI is InChI=1S/C22H22F3N5O3S2/c1-4-35(32,33)15-7-5-13(6-8-15)9-17(31)28-20-29-18-16(34-20)12-30(21(18,2)3)19-26-10-14(11-27-19)22(23,24)25/h5-8,10-11H,4,9,12H2,1-3H3,(H,28,29,31). The molecule has 3 aromatic rings. The van der Waals surface area contributed by atoms with Crippen LogP contribution in [0.25, 0.3) is 0 Å². The quantitative estimate of drug-likeness (QED) is 0.515. The van der Waals surface area contributed by atoms with Crippen LogP contribution >= 0.6 is 11.3 Å². The Morgan fingerprint density at radius 2 is 1.80 bits per heavy atom. The van der Waals surface area contributed by atoms with E-state index >= 15 is 0 Å². The zero-order chi connectivity index (χ0) is 25.6. The summed E-state index contributed by atoms with van der Waals surface area (Å²) in [6, 6.07) is 6.18. The number of anilines is 2. The zero-order valence-corrected chi connectivity index (χ0v) is 20.7. The Hall–Kier alpha value is -3.06. The molecule has 0 saturated heterocycles. The minimum Gasteiger partial charge on any atom is -0.325 e. The number of nitrogens with one attached hydrogen (secondary N) is 1. The van der Waals surface area contributed by atoms with Crippen LogP contribution in [0.3, 0.4) is 0 Å². The Morgan fingerprint density at radius 1 is 1.17 bits per heavy atom. The summed E-state index contributed by atoms with van der Waals surface area (Å²) in [5.41, 5.74) is -0.268. The number of thiazole rings is 1. The molecule has 0 fully saturated rings. The molecule has 0 radical (unpaired) electrons. The van der Waals surface area contributed by atoms with Crippen LogP contribution in [0.15, 0.2) is 41.6 Å². The second-order valence-electron chi connectivity index (χ2n) is 8.48. The van der Waals surface area contributed by atoms with E-state index in [0.717, 1.165) is 17.3 Å². The number of rotatable bonds is 6. The third-order valence-electron chi connectivity index (χ3n) is 5.73. The fourth-order valence-electron chi connectivity index (χ4n) is 3.72. The first-order valence-corrected chi connectivity index (χ1v) is 13.1. The van der Waals surface area contributed by atoms with Crippen LogP contribution in [0.2, 0.25) is 0 Å². The van der Waals surface area contributed by atoms with E-state index in [-0.39, 0.29) is 28.9 Å². The average molecular weight is 526 g/mol. The summed E-state index contributed by atoms with van der Waals surface area (Å²) in [6.45, 7) is 5.63. The number of benzene rings is 1. The van der Waals surface area contributed by atoms with Crippen molar-refractivity contribution < 1.29 is 26.4 Å². The fourth-order valence-corrected chi connectivity index (χ4v) is 5.72. The first-order valence-electron chi connectivity index (χ1n) is 10.6. The van der Waals surface area contributed by atoms with Gasteiger partial charge in [0.25, 0.3) is 0 Å². The Balaban J connectivity index is 1.44. The van der Waals surface area contributed by atoms with Crippen LogP contribution in [-0.2, 0) is 39.3 Å². The molecule has 2 aromatic heterocycles. The molecule has 0 saturated carbocycles. The number of alkyl halides is 3. The number of hydrogen-bond acceptors (Lipinski definition) is 8. The van der Waals surface area contributed by atoms with Gasteiger partial charge in [0, 0.05) is 12.4 Å². The summed E-state index contributed by atoms with van der Waals surface area (Å²) < 4.78 is 62.3. The van der Waals surface area contributed by atoms with E-state index in [1.165, 1.54) is 23.5 Å². The van der Waals surface area contributed by atoms with E-state index in [4.69, 9.17) is 0 Å². The highest BCUT2D eigenvalue weighted by Crippen LogP contribution is 2.44. The predicted octanol–water partition coefficient (Wildman–Crippen LogP) is 4.18. The van der Waals surface area contributed by atoms with Gasteiger partial charge in [0.2, 0.25) is 11.9 Å². The third-order valence-corrected chi connectivity index (χ3v) is 8.44. The van der Waals surface area contributed by atoms with Gasteiger partial charge in [0.1, 0.15) is 0 Å². The van der Waals surface area contributed by atoms with Crippen molar-refractivity contribution in [3.8, 4) is 0 Å². The van der Waals surface area contributed by atoms with Crippen molar-refractivity contribution in [2.24, 2.45) is 0 Å². The smallest absolute Gasteiger partial charge is 0.325 e. The monoisotopic (exact) mass is 525 g/mol. The summed E-state index contributed by atoms with van der Waals surface area (Å²) >= 11 is 1.28. The van der Waals surface area contributed by atoms with Crippen molar-refractivity contribution in [1.82, 2.24) is 15.0 Å². The van der Waals surface area contributed by atoms with Crippen LogP contribution in [0, 0.1) is 0 Å². The molecule has 1 amide bonds. The number of hydrogen-bond donors (Lipinski definition) is 1. The number of halogens is 3. The molecular formula is C22H22F3N5O3S2. The van der Waals surface area contributed by atoms with E-state index in [1.54, 1.807) is 24.0 Å². The first kappa shape index (κ1) is 25.0. The lowest BCUT2D eigenvalue weighted by Gasteiger charge is -2.31. The van der Waals surface area contributed by atoms with Gasteiger partial charge in [-0.05, 0) is 31.5 Å². The van der Waals surface area contributed by atoms with Crippen molar-refractivity contribution >= 4 is 38.2 Å². The minimum atomic E-state index is -4.51. The molecule has 13 heteroatoms. The minimum absolute atomic E-state index is 0.000314. The summed E-state index contributed by atoms with van der Waals surface area (Å²) in [5.74, 6) is -0.142. The second kappa shape index (κ2) is 8.86. The zero-order valence-electron chi connectivity index (χ0n) is 19.0. The fraction of sp³-hybridized carbons (Fsp3) is 0.364.